The molecule has 7 atom stereocenters. The molecule has 1 N–H and O–H groups in total. The van der Waals surface area contributed by atoms with Gasteiger partial charge >= 0.3 is 0 Å². The average molecular weight is 306 g/mol. The number of fused-ring (bicyclic) bond motifs is 5. The number of aliphatic hydroxyl groups is 1. The van der Waals surface area contributed by atoms with E-state index in [0.717, 1.165) is 32.1 Å². The minimum Gasteiger partial charge on any atom is -0.390 e. The minimum atomic E-state index is -1.05. The molecule has 4 aliphatic carbocycles. The maximum atomic E-state index is 14.2. The van der Waals surface area contributed by atoms with Crippen LogP contribution in [0.3, 0.4) is 0 Å². The van der Waals surface area contributed by atoms with Crippen molar-refractivity contribution in [3.63, 3.8) is 0 Å². The van der Waals surface area contributed by atoms with Gasteiger partial charge in [0.25, 0.3) is 0 Å². The van der Waals surface area contributed by atoms with Gasteiger partial charge in [-0.3, -0.25) is 4.79 Å². The van der Waals surface area contributed by atoms with E-state index in [4.69, 9.17) is 0 Å². The smallest absolute Gasteiger partial charge is 0.155 e. The topological polar surface area (TPSA) is 37.3 Å². The Balaban J connectivity index is 1.69. The fourth-order valence-corrected chi connectivity index (χ4v) is 6.50. The molecular formula is C19H27FO2. The van der Waals surface area contributed by atoms with Crippen molar-refractivity contribution in [2.75, 3.05) is 0 Å². The maximum absolute atomic E-state index is 14.2. The Hall–Kier alpha value is -0.700. The summed E-state index contributed by atoms with van der Waals surface area (Å²) in [5, 5.41) is 10.3. The lowest BCUT2D eigenvalue weighted by Gasteiger charge is -2.57. The van der Waals surface area contributed by atoms with Crippen LogP contribution in [0.4, 0.5) is 4.39 Å². The molecule has 0 aromatic rings. The number of rotatable bonds is 0. The number of alkyl halides is 1. The monoisotopic (exact) mass is 306 g/mol. The van der Waals surface area contributed by atoms with E-state index < -0.39 is 12.3 Å². The first-order valence-corrected chi connectivity index (χ1v) is 8.92. The molecule has 3 heteroatoms. The molecule has 4 aliphatic rings. The summed E-state index contributed by atoms with van der Waals surface area (Å²) in [6.07, 6.45) is 6.30. The van der Waals surface area contributed by atoms with Crippen LogP contribution in [0.2, 0.25) is 0 Å². The SMILES string of the molecule is C[C@]12CC[C@H]3[C@@H](CCC4=CC(=O)CC[C@@]43C)[C@@H]1CC(F)[C@@H]2O. The lowest BCUT2D eigenvalue weighted by molar-refractivity contribution is -0.118. The molecule has 3 saturated carbocycles. The summed E-state index contributed by atoms with van der Waals surface area (Å²) in [6.45, 7) is 4.44. The number of ketones is 1. The van der Waals surface area contributed by atoms with Crippen molar-refractivity contribution in [2.45, 2.75) is 71.1 Å². The van der Waals surface area contributed by atoms with E-state index in [2.05, 4.69) is 13.8 Å². The number of allylic oxidation sites excluding steroid dienone is 1. The second-order valence-corrected chi connectivity index (χ2v) is 8.71. The first-order chi connectivity index (χ1) is 10.4. The fraction of sp³-hybridized carbons (Fsp3) is 0.842. The summed E-state index contributed by atoms with van der Waals surface area (Å²) in [6, 6.07) is 0. The largest absolute Gasteiger partial charge is 0.390 e. The van der Waals surface area contributed by atoms with Crippen LogP contribution >= 0.6 is 0 Å². The first-order valence-electron chi connectivity index (χ1n) is 8.92. The van der Waals surface area contributed by atoms with Crippen molar-refractivity contribution in [1.82, 2.24) is 0 Å². The standard InChI is InChI=1S/C19H27FO2/c1-18-7-5-12(21)9-11(18)3-4-13-14(18)6-8-19(2)15(13)10-16(20)17(19)22/h9,13-17,22H,3-8,10H2,1-2H3/t13-,14+,15+,16?,17+,18+,19+/m1/s1. The number of carbonyl (C=O) groups excluding carboxylic acids is 1. The lowest BCUT2D eigenvalue weighted by atomic mass is 9.47. The highest BCUT2D eigenvalue weighted by Crippen LogP contribution is 2.65. The van der Waals surface area contributed by atoms with Gasteiger partial charge in [0.2, 0.25) is 0 Å². The van der Waals surface area contributed by atoms with Gasteiger partial charge in [-0.25, -0.2) is 4.39 Å². The molecular weight excluding hydrogens is 279 g/mol. The van der Waals surface area contributed by atoms with Gasteiger partial charge in [-0.2, -0.15) is 0 Å². The zero-order valence-corrected chi connectivity index (χ0v) is 13.6. The summed E-state index contributed by atoms with van der Waals surface area (Å²) >= 11 is 0. The third kappa shape index (κ3) is 1.78. The third-order valence-corrected chi connectivity index (χ3v) is 7.90. The number of hydrogen-bond donors (Lipinski definition) is 1. The molecule has 4 rings (SSSR count). The fourth-order valence-electron chi connectivity index (χ4n) is 6.50. The van der Waals surface area contributed by atoms with Crippen molar-refractivity contribution in [3.05, 3.63) is 11.6 Å². The van der Waals surface area contributed by atoms with Crippen LogP contribution in [-0.2, 0) is 4.79 Å². The molecule has 0 radical (unpaired) electrons. The third-order valence-electron chi connectivity index (χ3n) is 7.90. The van der Waals surface area contributed by atoms with Gasteiger partial charge in [0.1, 0.15) is 6.17 Å². The van der Waals surface area contributed by atoms with Gasteiger partial charge in [0.15, 0.2) is 5.78 Å². The van der Waals surface area contributed by atoms with Gasteiger partial charge in [-0.05, 0) is 73.2 Å². The predicted molar refractivity (Wildman–Crippen MR) is 83.0 cm³/mol. The van der Waals surface area contributed by atoms with Crippen LogP contribution in [-0.4, -0.2) is 23.2 Å². The molecule has 3 fully saturated rings. The summed E-state index contributed by atoms with van der Waals surface area (Å²) < 4.78 is 14.2. The number of halogens is 1. The Morgan fingerprint density at radius 3 is 2.73 bits per heavy atom. The van der Waals surface area contributed by atoms with E-state index in [1.54, 1.807) is 0 Å². The molecule has 2 nitrogen and oxygen atoms in total. The van der Waals surface area contributed by atoms with E-state index in [-0.39, 0.29) is 16.6 Å². The molecule has 0 amide bonds. The molecule has 0 aromatic carbocycles. The zero-order chi connectivity index (χ0) is 15.7. The van der Waals surface area contributed by atoms with Gasteiger partial charge < -0.3 is 5.11 Å². The van der Waals surface area contributed by atoms with Gasteiger partial charge in [-0.15, -0.1) is 0 Å². The Bertz CT molecular complexity index is 542. The summed E-state index contributed by atoms with van der Waals surface area (Å²) in [5.41, 5.74) is 1.25. The summed E-state index contributed by atoms with van der Waals surface area (Å²) in [7, 11) is 0. The van der Waals surface area contributed by atoms with Crippen LogP contribution in [0.1, 0.15) is 58.8 Å². The highest BCUT2D eigenvalue weighted by Gasteiger charge is 2.61. The van der Waals surface area contributed by atoms with Gasteiger partial charge in [0, 0.05) is 6.42 Å². The normalized spacial score (nSPS) is 54.3. The summed E-state index contributed by atoms with van der Waals surface area (Å²) in [4.78, 5) is 11.8. The molecule has 0 saturated heterocycles. The molecule has 0 spiro atoms. The molecule has 0 heterocycles. The summed E-state index contributed by atoms with van der Waals surface area (Å²) in [5.74, 6) is 1.68. The van der Waals surface area contributed by atoms with E-state index in [1.807, 2.05) is 6.08 Å². The molecule has 0 aromatic heterocycles. The zero-order valence-electron chi connectivity index (χ0n) is 13.6. The van der Waals surface area contributed by atoms with Crippen molar-refractivity contribution in [1.29, 1.82) is 0 Å². The molecule has 1 unspecified atom stereocenters. The van der Waals surface area contributed by atoms with E-state index >= 15 is 0 Å². The highest BCUT2D eigenvalue weighted by molar-refractivity contribution is 5.91. The average Bonchev–Trinajstić information content (AvgIpc) is 2.72. The van der Waals surface area contributed by atoms with Crippen LogP contribution in [0.5, 0.6) is 0 Å². The van der Waals surface area contributed by atoms with E-state index in [9.17, 15) is 14.3 Å². The predicted octanol–water partition coefficient (Wildman–Crippen LogP) is 3.83. The van der Waals surface area contributed by atoms with Crippen molar-refractivity contribution in [3.8, 4) is 0 Å². The second kappa shape index (κ2) is 4.66. The first kappa shape index (κ1) is 14.9. The molecule has 22 heavy (non-hydrogen) atoms. The Labute approximate surface area is 132 Å². The minimum absolute atomic E-state index is 0.136. The van der Waals surface area contributed by atoms with Crippen molar-refractivity contribution >= 4 is 5.78 Å². The van der Waals surface area contributed by atoms with Crippen LogP contribution in [0.25, 0.3) is 0 Å². The quantitative estimate of drug-likeness (QED) is 0.738. The molecule has 0 aliphatic heterocycles. The van der Waals surface area contributed by atoms with Crippen molar-refractivity contribution in [2.24, 2.45) is 28.6 Å². The maximum Gasteiger partial charge on any atom is 0.155 e. The van der Waals surface area contributed by atoms with Gasteiger partial charge in [0.05, 0.1) is 6.10 Å². The Kier molecular flexibility index (Phi) is 3.15. The number of aliphatic hydroxyl groups excluding tert-OH is 1. The lowest BCUT2D eigenvalue weighted by Crippen LogP contribution is -2.51. The number of hydrogen-bond acceptors (Lipinski definition) is 2. The van der Waals surface area contributed by atoms with Gasteiger partial charge in [-0.1, -0.05) is 19.4 Å². The van der Waals surface area contributed by atoms with E-state index in [0.29, 0.717) is 30.6 Å². The second-order valence-electron chi connectivity index (χ2n) is 8.71. The Morgan fingerprint density at radius 2 is 1.95 bits per heavy atom. The molecule has 122 valence electrons. The van der Waals surface area contributed by atoms with Crippen LogP contribution < -0.4 is 0 Å². The molecule has 0 bridgehead atoms. The number of carbonyl (C=O) groups is 1. The Morgan fingerprint density at radius 1 is 1.18 bits per heavy atom. The van der Waals surface area contributed by atoms with Crippen LogP contribution in [0, 0.1) is 28.6 Å². The van der Waals surface area contributed by atoms with E-state index in [1.165, 1.54) is 5.57 Å². The van der Waals surface area contributed by atoms with Crippen molar-refractivity contribution < 1.29 is 14.3 Å². The van der Waals surface area contributed by atoms with Crippen LogP contribution in [0.15, 0.2) is 11.6 Å². The highest BCUT2D eigenvalue weighted by atomic mass is 19.1.